The molecule has 0 saturated carbocycles. The minimum absolute atomic E-state index is 0.0352. The van der Waals surface area contributed by atoms with Gasteiger partial charge in [0.25, 0.3) is 0 Å². The van der Waals surface area contributed by atoms with Crippen LogP contribution in [-0.4, -0.2) is 85.5 Å². The molecule has 4 unspecified atom stereocenters. The Labute approximate surface area is 190 Å². The third-order valence-corrected chi connectivity index (χ3v) is 5.45. The van der Waals surface area contributed by atoms with Crippen molar-refractivity contribution >= 4 is 29.7 Å². The van der Waals surface area contributed by atoms with Crippen LogP contribution in [0.15, 0.2) is 12.5 Å². The molecule has 2 rings (SSSR count). The van der Waals surface area contributed by atoms with Gasteiger partial charge in [-0.25, -0.2) is 9.78 Å². The van der Waals surface area contributed by atoms with Crippen molar-refractivity contribution in [1.29, 1.82) is 0 Å². The Balaban J connectivity index is 2.13. The van der Waals surface area contributed by atoms with Crippen LogP contribution in [0, 0.1) is 5.92 Å². The molecule has 182 valence electrons. The first-order valence-electron chi connectivity index (χ1n) is 10.6. The number of imidazole rings is 1. The highest BCUT2D eigenvalue weighted by molar-refractivity contribution is 5.96. The molecule has 1 aromatic heterocycles. The summed E-state index contributed by atoms with van der Waals surface area (Å²) in [5, 5.41) is 23.5. The molecule has 7 N–H and O–H groups in total. The fraction of sp³-hybridized carbons (Fsp3) is 0.600. The molecular formula is C20H30N6O7. The molecule has 1 aliphatic rings. The summed E-state index contributed by atoms with van der Waals surface area (Å²) in [7, 11) is 0. The van der Waals surface area contributed by atoms with E-state index >= 15 is 0 Å². The van der Waals surface area contributed by atoms with Gasteiger partial charge in [-0.2, -0.15) is 0 Å². The van der Waals surface area contributed by atoms with Crippen LogP contribution in [0.25, 0.3) is 0 Å². The maximum absolute atomic E-state index is 13.1. The number of hydrogen-bond acceptors (Lipinski definition) is 7. The summed E-state index contributed by atoms with van der Waals surface area (Å²) in [6.45, 7) is 3.58. The average Bonchev–Trinajstić information content (AvgIpc) is 3.43. The lowest BCUT2D eigenvalue weighted by Crippen LogP contribution is -2.57. The van der Waals surface area contributed by atoms with Gasteiger partial charge in [0.2, 0.25) is 17.7 Å². The number of likely N-dealkylation sites (tertiary alicyclic amines) is 1. The number of carbonyl (C=O) groups is 5. The molecule has 0 aromatic carbocycles. The Bertz CT molecular complexity index is 872. The number of carboxylic acid groups (broad SMARTS) is 2. The van der Waals surface area contributed by atoms with Crippen molar-refractivity contribution in [3.05, 3.63) is 18.2 Å². The molecule has 0 spiro atoms. The van der Waals surface area contributed by atoms with E-state index < -0.39 is 60.2 Å². The van der Waals surface area contributed by atoms with Crippen molar-refractivity contribution < 1.29 is 34.2 Å². The predicted molar refractivity (Wildman–Crippen MR) is 114 cm³/mol. The summed E-state index contributed by atoms with van der Waals surface area (Å²) in [6, 6.07) is -4.60. The van der Waals surface area contributed by atoms with Gasteiger partial charge in [0.15, 0.2) is 0 Å². The first-order valence-corrected chi connectivity index (χ1v) is 10.6. The zero-order valence-corrected chi connectivity index (χ0v) is 18.5. The Hall–Kier alpha value is -3.48. The number of carboxylic acids is 2. The Morgan fingerprint density at radius 3 is 2.45 bits per heavy atom. The Morgan fingerprint density at radius 2 is 1.91 bits per heavy atom. The number of H-pyrrole nitrogens is 1. The van der Waals surface area contributed by atoms with Gasteiger partial charge >= 0.3 is 11.9 Å². The van der Waals surface area contributed by atoms with Crippen LogP contribution < -0.4 is 16.4 Å². The van der Waals surface area contributed by atoms with Gasteiger partial charge in [-0.1, -0.05) is 13.8 Å². The van der Waals surface area contributed by atoms with Crippen LogP contribution in [0.4, 0.5) is 0 Å². The molecule has 1 aromatic rings. The van der Waals surface area contributed by atoms with Crippen molar-refractivity contribution in [3.63, 3.8) is 0 Å². The second-order valence-corrected chi connectivity index (χ2v) is 8.30. The molecule has 1 saturated heterocycles. The highest BCUT2D eigenvalue weighted by atomic mass is 16.4. The average molecular weight is 466 g/mol. The number of aromatic amines is 1. The molecular weight excluding hydrogens is 436 g/mol. The van der Waals surface area contributed by atoms with E-state index in [2.05, 4.69) is 20.6 Å². The third kappa shape index (κ3) is 7.00. The van der Waals surface area contributed by atoms with Crippen LogP contribution in [-0.2, 0) is 30.4 Å². The fourth-order valence-electron chi connectivity index (χ4n) is 3.53. The summed E-state index contributed by atoms with van der Waals surface area (Å²) in [5.41, 5.74) is 6.30. The lowest BCUT2D eigenvalue weighted by Gasteiger charge is -2.29. The minimum Gasteiger partial charge on any atom is -0.481 e. The van der Waals surface area contributed by atoms with E-state index in [0.717, 1.165) is 0 Å². The van der Waals surface area contributed by atoms with Crippen LogP contribution >= 0.6 is 0 Å². The normalized spacial score (nSPS) is 18.4. The van der Waals surface area contributed by atoms with E-state index in [9.17, 15) is 34.2 Å². The summed E-state index contributed by atoms with van der Waals surface area (Å²) in [4.78, 5) is 68.9. The maximum atomic E-state index is 13.1. The molecule has 4 atom stereocenters. The van der Waals surface area contributed by atoms with Crippen LogP contribution in [0.5, 0.6) is 0 Å². The fourth-order valence-corrected chi connectivity index (χ4v) is 3.53. The molecule has 13 heteroatoms. The summed E-state index contributed by atoms with van der Waals surface area (Å²) >= 11 is 0. The molecule has 2 heterocycles. The number of aliphatic carboxylic acids is 2. The molecule has 33 heavy (non-hydrogen) atoms. The monoisotopic (exact) mass is 466 g/mol. The SMILES string of the molecule is CC(C)C(N)C(=O)NC(CC(=O)O)C(=O)N1CCCC1C(=O)NC(Cc1cnc[nH]1)C(=O)O. The first kappa shape index (κ1) is 25.8. The Kier molecular flexibility index (Phi) is 8.91. The molecule has 13 nitrogen and oxygen atoms in total. The van der Waals surface area contributed by atoms with E-state index in [1.165, 1.54) is 17.4 Å². The minimum atomic E-state index is -1.41. The van der Waals surface area contributed by atoms with Gasteiger partial charge in [0.1, 0.15) is 18.1 Å². The number of nitrogens with zero attached hydrogens (tertiary/aromatic N) is 2. The molecule has 0 bridgehead atoms. The van der Waals surface area contributed by atoms with E-state index in [4.69, 9.17) is 5.73 Å². The topological polar surface area (TPSA) is 208 Å². The second kappa shape index (κ2) is 11.4. The van der Waals surface area contributed by atoms with Crippen LogP contribution in [0.3, 0.4) is 0 Å². The van der Waals surface area contributed by atoms with Gasteiger partial charge in [-0.15, -0.1) is 0 Å². The van der Waals surface area contributed by atoms with Crippen molar-refractivity contribution in [2.24, 2.45) is 11.7 Å². The van der Waals surface area contributed by atoms with Crippen molar-refractivity contribution in [2.45, 2.75) is 63.7 Å². The largest absolute Gasteiger partial charge is 0.481 e. The molecule has 0 aliphatic carbocycles. The Morgan fingerprint density at radius 1 is 1.21 bits per heavy atom. The predicted octanol–water partition coefficient (Wildman–Crippen LogP) is -1.54. The lowest BCUT2D eigenvalue weighted by atomic mass is 10.0. The summed E-state index contributed by atoms with van der Waals surface area (Å²) < 4.78 is 0. The lowest BCUT2D eigenvalue weighted by molar-refractivity contribution is -0.147. The van der Waals surface area contributed by atoms with Crippen molar-refractivity contribution in [3.8, 4) is 0 Å². The van der Waals surface area contributed by atoms with Crippen LogP contribution in [0.2, 0.25) is 0 Å². The summed E-state index contributed by atoms with van der Waals surface area (Å²) in [5.74, 6) is -4.88. The molecule has 0 radical (unpaired) electrons. The van der Waals surface area contributed by atoms with Crippen molar-refractivity contribution in [1.82, 2.24) is 25.5 Å². The van der Waals surface area contributed by atoms with Gasteiger partial charge in [-0.3, -0.25) is 19.2 Å². The van der Waals surface area contributed by atoms with Gasteiger partial charge in [-0.05, 0) is 18.8 Å². The number of hydrogen-bond donors (Lipinski definition) is 6. The quantitative estimate of drug-likeness (QED) is 0.223. The number of carbonyl (C=O) groups excluding carboxylic acids is 3. The highest BCUT2D eigenvalue weighted by Crippen LogP contribution is 2.20. The van der Waals surface area contributed by atoms with E-state index in [1.54, 1.807) is 13.8 Å². The number of amides is 3. The molecule has 1 fully saturated rings. The smallest absolute Gasteiger partial charge is 0.326 e. The highest BCUT2D eigenvalue weighted by Gasteiger charge is 2.40. The number of nitrogens with one attached hydrogen (secondary N) is 3. The zero-order chi connectivity index (χ0) is 24.7. The number of rotatable bonds is 11. The third-order valence-electron chi connectivity index (χ3n) is 5.45. The van der Waals surface area contributed by atoms with Crippen molar-refractivity contribution in [2.75, 3.05) is 6.54 Å². The van der Waals surface area contributed by atoms with E-state index in [1.807, 2.05) is 0 Å². The van der Waals surface area contributed by atoms with E-state index in [0.29, 0.717) is 12.1 Å². The number of aromatic nitrogens is 2. The number of nitrogens with two attached hydrogens (primary N) is 1. The second-order valence-electron chi connectivity index (χ2n) is 8.30. The standard InChI is InChI=1S/C20H30N6O7/c1-10(2)16(21)18(30)24-12(7-15(27)28)19(31)26-5-3-4-14(26)17(29)25-13(20(32)33)6-11-8-22-9-23-11/h8-10,12-14,16H,3-7,21H2,1-2H3,(H,22,23)(H,24,30)(H,25,29)(H,27,28)(H,32,33). The van der Waals surface area contributed by atoms with Crippen LogP contribution in [0.1, 0.15) is 38.8 Å². The van der Waals surface area contributed by atoms with E-state index in [-0.39, 0.29) is 25.3 Å². The zero-order valence-electron chi connectivity index (χ0n) is 18.5. The van der Waals surface area contributed by atoms with Gasteiger partial charge in [0, 0.05) is 24.9 Å². The molecule has 1 aliphatic heterocycles. The maximum Gasteiger partial charge on any atom is 0.326 e. The molecule has 3 amide bonds. The summed E-state index contributed by atoms with van der Waals surface area (Å²) in [6.07, 6.45) is 2.84. The van der Waals surface area contributed by atoms with Gasteiger partial charge in [0.05, 0.1) is 18.8 Å². The first-order chi connectivity index (χ1) is 15.5. The van der Waals surface area contributed by atoms with Gasteiger partial charge < -0.3 is 36.5 Å².